The third-order valence-corrected chi connectivity index (χ3v) is 11.5. The molecule has 3 heterocycles. The van der Waals surface area contributed by atoms with Gasteiger partial charge < -0.3 is 34.3 Å². The Bertz CT molecular complexity index is 1520. The summed E-state index contributed by atoms with van der Waals surface area (Å²) in [5, 5.41) is 16.8. The third kappa shape index (κ3) is 8.76. The van der Waals surface area contributed by atoms with Crippen LogP contribution in [0, 0.1) is 5.92 Å². The maximum Gasteiger partial charge on any atom is 0.338 e. The highest BCUT2D eigenvalue weighted by atomic mass is 79.9. The Balaban J connectivity index is 1.38. The highest BCUT2D eigenvalue weighted by Gasteiger charge is 2.47. The molecule has 1 fully saturated rings. The van der Waals surface area contributed by atoms with Gasteiger partial charge in [-0.1, -0.05) is 37.8 Å². The van der Waals surface area contributed by atoms with Gasteiger partial charge in [-0.15, -0.1) is 0 Å². The van der Waals surface area contributed by atoms with Crippen LogP contribution in [0.5, 0.6) is 0 Å². The van der Waals surface area contributed by atoms with Gasteiger partial charge in [0.1, 0.15) is 25.0 Å². The van der Waals surface area contributed by atoms with Crippen LogP contribution in [0.25, 0.3) is 22.6 Å². The molecule has 5 rings (SSSR count). The summed E-state index contributed by atoms with van der Waals surface area (Å²) in [5.74, 6) is 1.55. The quantitative estimate of drug-likeness (QED) is 0.0767. The Morgan fingerprint density at radius 2 is 1.75 bits per heavy atom. The molecule has 12 nitrogen and oxygen atoms in total. The second-order valence-corrected chi connectivity index (χ2v) is 20.0. The molecule has 1 atom stereocenters. The van der Waals surface area contributed by atoms with E-state index < -0.39 is 13.7 Å². The Morgan fingerprint density at radius 1 is 1.02 bits per heavy atom. The van der Waals surface area contributed by atoms with Gasteiger partial charge in [0.15, 0.2) is 5.60 Å². The number of aromatic nitrogens is 4. The average Bonchev–Trinajstić information content (AvgIpc) is 3.73. The minimum absolute atomic E-state index is 0.0805. The molecule has 0 saturated heterocycles. The van der Waals surface area contributed by atoms with Gasteiger partial charge in [-0.25, -0.2) is 14.2 Å². The molecule has 0 radical (unpaired) electrons. The highest BCUT2D eigenvalue weighted by molar-refractivity contribution is 9.11. The van der Waals surface area contributed by atoms with Gasteiger partial charge in [0.25, 0.3) is 0 Å². The molecule has 2 N–H and O–H groups in total. The van der Waals surface area contributed by atoms with E-state index in [1.54, 1.807) is 14.2 Å². The predicted molar refractivity (Wildman–Crippen MR) is 192 cm³/mol. The van der Waals surface area contributed by atoms with Crippen LogP contribution in [0.4, 0.5) is 5.82 Å². The number of nitrogens with one attached hydrogen (secondary N) is 2. The summed E-state index contributed by atoms with van der Waals surface area (Å²) in [6.45, 7) is 9.35. The highest BCUT2D eigenvalue weighted by Crippen LogP contribution is 2.44. The zero-order valence-corrected chi connectivity index (χ0v) is 31.3. The van der Waals surface area contributed by atoms with Crippen LogP contribution < -0.4 is 10.6 Å². The van der Waals surface area contributed by atoms with Gasteiger partial charge in [0.05, 0.1) is 48.4 Å². The van der Waals surface area contributed by atoms with E-state index in [1.165, 1.54) is 0 Å². The van der Waals surface area contributed by atoms with Crippen LogP contribution in [0.2, 0.25) is 25.7 Å². The Hall–Kier alpha value is -3.01. The van der Waals surface area contributed by atoms with Crippen molar-refractivity contribution in [2.24, 2.45) is 5.92 Å². The molecule has 1 aliphatic heterocycles. The Morgan fingerprint density at radius 3 is 2.46 bits per heavy atom. The van der Waals surface area contributed by atoms with E-state index in [2.05, 4.69) is 51.3 Å². The van der Waals surface area contributed by atoms with Crippen molar-refractivity contribution in [1.29, 1.82) is 0 Å². The van der Waals surface area contributed by atoms with Crippen LogP contribution in [0.1, 0.15) is 25.7 Å². The monoisotopic (exact) mass is 744 g/mol. The first-order valence-electron chi connectivity index (χ1n) is 16.6. The third-order valence-electron chi connectivity index (χ3n) is 8.89. The fourth-order valence-electron chi connectivity index (χ4n) is 6.08. The number of rotatable bonds is 17. The van der Waals surface area contributed by atoms with Crippen LogP contribution in [0.3, 0.4) is 0 Å². The van der Waals surface area contributed by atoms with Crippen molar-refractivity contribution < 1.29 is 28.5 Å². The number of ether oxygens (including phenoxy) is 5. The van der Waals surface area contributed by atoms with E-state index in [4.69, 9.17) is 28.8 Å². The number of hydrogen-bond donors (Lipinski definition) is 2. The number of methoxy groups -OCH3 is 2. The van der Waals surface area contributed by atoms with Crippen molar-refractivity contribution in [3.05, 3.63) is 53.4 Å². The van der Waals surface area contributed by atoms with E-state index in [9.17, 15) is 4.79 Å². The summed E-state index contributed by atoms with van der Waals surface area (Å²) in [7, 11) is 1.99. The number of halogens is 1. The zero-order valence-electron chi connectivity index (χ0n) is 28.7. The lowest BCUT2D eigenvalue weighted by atomic mass is 9.75. The van der Waals surface area contributed by atoms with Crippen LogP contribution >= 0.6 is 15.9 Å². The molecule has 1 aromatic carbocycles. The van der Waals surface area contributed by atoms with Crippen molar-refractivity contribution >= 4 is 41.6 Å². The molecule has 14 heteroatoms. The lowest BCUT2D eigenvalue weighted by Gasteiger charge is -2.42. The van der Waals surface area contributed by atoms with Crippen molar-refractivity contribution in [3.8, 4) is 16.8 Å². The lowest BCUT2D eigenvalue weighted by Crippen LogP contribution is -2.49. The molecule has 1 unspecified atom stereocenters. The number of nitrogens with zero attached hydrogens (tertiary/aromatic N) is 4. The second-order valence-electron chi connectivity index (χ2n) is 13.5. The molecular weight excluding hydrogens is 696 g/mol. The summed E-state index contributed by atoms with van der Waals surface area (Å²) < 4.78 is 32.9. The molecule has 0 spiro atoms. The Labute approximate surface area is 292 Å². The molecule has 1 aliphatic carbocycles. The van der Waals surface area contributed by atoms with Gasteiger partial charge in [0, 0.05) is 46.2 Å². The molecule has 1 saturated carbocycles. The fourth-order valence-corrected chi connectivity index (χ4v) is 7.63. The van der Waals surface area contributed by atoms with Gasteiger partial charge in [0.2, 0.25) is 0 Å². The minimum Gasteiger partial charge on any atom is -0.461 e. The number of carbonyl (C=O) groups is 1. The summed E-state index contributed by atoms with van der Waals surface area (Å²) in [6, 6.07) is 11.0. The maximum atomic E-state index is 13.3. The van der Waals surface area contributed by atoms with Crippen molar-refractivity contribution in [1.82, 2.24) is 24.9 Å². The Kier molecular flexibility index (Phi) is 12.5. The van der Waals surface area contributed by atoms with Crippen LogP contribution in [0.15, 0.2) is 53.4 Å². The van der Waals surface area contributed by atoms with E-state index in [1.807, 2.05) is 58.3 Å². The first-order valence-corrected chi connectivity index (χ1v) is 21.1. The van der Waals surface area contributed by atoms with Crippen molar-refractivity contribution in [3.63, 3.8) is 0 Å². The topological polar surface area (TPSA) is 123 Å². The van der Waals surface area contributed by atoms with E-state index >= 15 is 0 Å². The molecule has 2 aliphatic rings. The summed E-state index contributed by atoms with van der Waals surface area (Å²) >= 11 is 3.95. The summed E-state index contributed by atoms with van der Waals surface area (Å²) in [4.78, 5) is 13.3. The van der Waals surface area contributed by atoms with E-state index in [0.717, 1.165) is 51.8 Å². The number of benzene rings is 1. The van der Waals surface area contributed by atoms with Crippen molar-refractivity contribution in [2.45, 2.75) is 63.0 Å². The van der Waals surface area contributed by atoms with Gasteiger partial charge in [-0.3, -0.25) is 0 Å². The van der Waals surface area contributed by atoms with Gasteiger partial charge in [-0.2, -0.15) is 10.2 Å². The minimum atomic E-state index is -1.21. The molecule has 3 aromatic rings. The molecule has 48 heavy (non-hydrogen) atoms. The average molecular weight is 746 g/mol. The second kappa shape index (κ2) is 16.6. The lowest BCUT2D eigenvalue weighted by molar-refractivity contribution is -0.181. The first kappa shape index (κ1) is 36.3. The van der Waals surface area contributed by atoms with Crippen LogP contribution in [-0.2, 0) is 28.5 Å². The number of hydrogen-bond acceptors (Lipinski definition) is 10. The van der Waals surface area contributed by atoms with E-state index in [0.29, 0.717) is 46.0 Å². The van der Waals surface area contributed by atoms with Crippen molar-refractivity contribution in [2.75, 3.05) is 59.3 Å². The molecule has 262 valence electrons. The first-order chi connectivity index (χ1) is 23.2. The largest absolute Gasteiger partial charge is 0.461 e. The maximum absolute atomic E-state index is 13.3. The molecule has 0 amide bonds. The zero-order chi connectivity index (χ0) is 34.1. The smallest absolute Gasteiger partial charge is 0.338 e. The number of esters is 1. The summed E-state index contributed by atoms with van der Waals surface area (Å²) in [5.41, 5.74) is 1.85. The fraction of sp³-hybridized carbons (Fsp3) is 0.559. The number of carbonyl (C=O) groups excluding carboxylic acids is 1. The molecule has 2 aromatic heterocycles. The van der Waals surface area contributed by atoms with Crippen LogP contribution in [-0.4, -0.2) is 99.2 Å². The standard InChI is InChI=1S/C34H49BrN6O6Si/c1-43-15-17-46-33(42)34(47-18-16-44-2)13-11-25(12-14-34)30-29(35)32(36-24-45-19-20-48(3,4)5)41-31(39-30)28(22-38-41)26-21-37-40(23-26)27-9-7-6-8-10-27/h6-10,21-23,25,30,36,39H,11-20,24H2,1-5H3. The van der Waals surface area contributed by atoms with Gasteiger partial charge >= 0.3 is 5.97 Å². The predicted octanol–water partition coefficient (Wildman–Crippen LogP) is 5.73. The van der Waals surface area contributed by atoms with Gasteiger partial charge in [-0.05, 0) is 65.7 Å². The van der Waals surface area contributed by atoms with E-state index in [-0.39, 0.29) is 24.5 Å². The normalized spacial score (nSPS) is 21.1. The number of anilines is 1. The molecular formula is C34H49BrN6O6Si. The SMILES string of the molecule is COCCOC(=O)C1(OCCOC)CCC(C2Nc3c(-c4cnn(-c5ccccc5)c4)cnn3C(NCOCC[Si](C)(C)C)=C2Br)CC1. The number of para-hydroxylation sites is 1. The molecule has 0 bridgehead atoms. The number of fused-ring (bicyclic) bond motifs is 1. The summed E-state index contributed by atoms with van der Waals surface area (Å²) in [6.07, 6.45) is 8.31.